The standard InChI is InChI=1S/C21H29N5O.HI/c1-16-10-11-18(24-14-16)26-19(27)12-13-23-20(22-4)25-15-21(2,3)17-8-6-5-7-9-17;/h5-11,14H,12-13,15H2,1-4H3,(H2,22,23,25)(H,24,26,27);1H. The average molecular weight is 495 g/mol. The third kappa shape index (κ3) is 7.84. The van der Waals surface area contributed by atoms with Crippen molar-refractivity contribution in [3.8, 4) is 0 Å². The van der Waals surface area contributed by atoms with Crippen LogP contribution in [0.2, 0.25) is 0 Å². The minimum Gasteiger partial charge on any atom is -0.356 e. The molecular weight excluding hydrogens is 465 g/mol. The zero-order chi connectivity index (χ0) is 19.7. The summed E-state index contributed by atoms with van der Waals surface area (Å²) in [6.07, 6.45) is 2.06. The first kappa shape index (κ1) is 23.9. The van der Waals surface area contributed by atoms with Crippen molar-refractivity contribution in [2.75, 3.05) is 25.5 Å². The second kappa shape index (κ2) is 11.6. The van der Waals surface area contributed by atoms with Crippen LogP contribution in [-0.4, -0.2) is 37.0 Å². The fourth-order valence-electron chi connectivity index (χ4n) is 2.56. The van der Waals surface area contributed by atoms with E-state index in [0.29, 0.717) is 24.7 Å². The SMILES string of the molecule is CN=C(NCCC(=O)Nc1ccc(C)cn1)NCC(C)(C)c1ccccc1.I. The predicted octanol–water partition coefficient (Wildman–Crippen LogP) is 3.48. The van der Waals surface area contributed by atoms with Crippen molar-refractivity contribution in [3.63, 3.8) is 0 Å². The lowest BCUT2D eigenvalue weighted by Gasteiger charge is -2.26. The van der Waals surface area contributed by atoms with Gasteiger partial charge < -0.3 is 16.0 Å². The summed E-state index contributed by atoms with van der Waals surface area (Å²) in [5.74, 6) is 1.16. The number of hydrogen-bond acceptors (Lipinski definition) is 3. The highest BCUT2D eigenvalue weighted by Crippen LogP contribution is 2.21. The minimum atomic E-state index is -0.0843. The van der Waals surface area contributed by atoms with E-state index < -0.39 is 0 Å². The van der Waals surface area contributed by atoms with Crippen molar-refractivity contribution in [2.45, 2.75) is 32.6 Å². The molecule has 0 fully saturated rings. The van der Waals surface area contributed by atoms with Crippen molar-refractivity contribution in [1.29, 1.82) is 0 Å². The van der Waals surface area contributed by atoms with Crippen molar-refractivity contribution < 1.29 is 4.79 Å². The highest BCUT2D eigenvalue weighted by Gasteiger charge is 2.20. The van der Waals surface area contributed by atoms with Gasteiger partial charge in [0.1, 0.15) is 5.82 Å². The summed E-state index contributed by atoms with van der Waals surface area (Å²) in [5, 5.41) is 9.30. The second-order valence-corrected chi connectivity index (χ2v) is 7.12. The molecule has 0 atom stereocenters. The number of nitrogens with one attached hydrogen (secondary N) is 3. The number of pyridine rings is 1. The molecule has 1 aromatic heterocycles. The number of amides is 1. The molecule has 0 bridgehead atoms. The van der Waals surface area contributed by atoms with Crippen LogP contribution in [0.1, 0.15) is 31.4 Å². The molecule has 0 saturated heterocycles. The van der Waals surface area contributed by atoms with E-state index >= 15 is 0 Å². The minimum absolute atomic E-state index is 0. The Morgan fingerprint density at radius 1 is 1.11 bits per heavy atom. The molecular formula is C21H30IN5O. The number of aryl methyl sites for hydroxylation is 1. The molecule has 0 aliphatic heterocycles. The number of guanidine groups is 1. The quantitative estimate of drug-likeness (QED) is 0.312. The van der Waals surface area contributed by atoms with Gasteiger partial charge in [0.15, 0.2) is 5.96 Å². The van der Waals surface area contributed by atoms with Gasteiger partial charge in [0.2, 0.25) is 5.91 Å². The number of benzene rings is 1. The van der Waals surface area contributed by atoms with Crippen LogP contribution in [0.25, 0.3) is 0 Å². The highest BCUT2D eigenvalue weighted by molar-refractivity contribution is 14.0. The number of carbonyl (C=O) groups is 1. The number of nitrogens with zero attached hydrogens (tertiary/aromatic N) is 2. The van der Waals surface area contributed by atoms with Crippen LogP contribution in [0.15, 0.2) is 53.7 Å². The third-order valence-corrected chi connectivity index (χ3v) is 4.30. The molecule has 1 aromatic carbocycles. The van der Waals surface area contributed by atoms with Gasteiger partial charge in [0, 0.05) is 38.2 Å². The van der Waals surface area contributed by atoms with Crippen molar-refractivity contribution in [3.05, 3.63) is 59.8 Å². The molecule has 1 amide bonds. The maximum Gasteiger partial charge on any atom is 0.227 e. The Kier molecular flexibility index (Phi) is 9.92. The van der Waals surface area contributed by atoms with E-state index in [1.54, 1.807) is 19.3 Å². The van der Waals surface area contributed by atoms with Gasteiger partial charge in [0.25, 0.3) is 0 Å². The topological polar surface area (TPSA) is 78.4 Å². The zero-order valence-electron chi connectivity index (χ0n) is 17.0. The maximum absolute atomic E-state index is 12.0. The molecule has 2 rings (SSSR count). The maximum atomic E-state index is 12.0. The van der Waals surface area contributed by atoms with Crippen LogP contribution >= 0.6 is 24.0 Å². The van der Waals surface area contributed by atoms with E-state index in [2.05, 4.69) is 51.9 Å². The van der Waals surface area contributed by atoms with Crippen LogP contribution in [0, 0.1) is 6.92 Å². The smallest absolute Gasteiger partial charge is 0.227 e. The Morgan fingerprint density at radius 2 is 1.82 bits per heavy atom. The Hall–Kier alpha value is -2.16. The third-order valence-electron chi connectivity index (χ3n) is 4.30. The Bertz CT molecular complexity index is 760. The van der Waals surface area contributed by atoms with Crippen LogP contribution in [0.3, 0.4) is 0 Å². The number of rotatable bonds is 7. The molecule has 0 aliphatic carbocycles. The van der Waals surface area contributed by atoms with Gasteiger partial charge in [-0.3, -0.25) is 9.79 Å². The predicted molar refractivity (Wildman–Crippen MR) is 126 cm³/mol. The molecule has 0 radical (unpaired) electrons. The van der Waals surface area contributed by atoms with Crippen LogP contribution < -0.4 is 16.0 Å². The Labute approximate surface area is 184 Å². The molecule has 6 nitrogen and oxygen atoms in total. The lowest BCUT2D eigenvalue weighted by Crippen LogP contribution is -2.44. The second-order valence-electron chi connectivity index (χ2n) is 7.12. The van der Waals surface area contributed by atoms with Gasteiger partial charge in [0.05, 0.1) is 0 Å². The Morgan fingerprint density at radius 3 is 2.43 bits per heavy atom. The number of carbonyl (C=O) groups excluding carboxylic acids is 1. The van der Waals surface area contributed by atoms with Gasteiger partial charge in [-0.2, -0.15) is 0 Å². The fourth-order valence-corrected chi connectivity index (χ4v) is 2.56. The fraction of sp³-hybridized carbons (Fsp3) is 0.381. The monoisotopic (exact) mass is 495 g/mol. The van der Waals surface area contributed by atoms with E-state index in [9.17, 15) is 4.79 Å². The highest BCUT2D eigenvalue weighted by atomic mass is 127. The molecule has 0 saturated carbocycles. The number of hydrogen-bond donors (Lipinski definition) is 3. The number of anilines is 1. The molecule has 28 heavy (non-hydrogen) atoms. The number of aliphatic imine (C=N–C) groups is 1. The molecule has 152 valence electrons. The summed E-state index contributed by atoms with van der Waals surface area (Å²) < 4.78 is 0. The summed E-state index contributed by atoms with van der Waals surface area (Å²) >= 11 is 0. The summed E-state index contributed by atoms with van der Waals surface area (Å²) in [6, 6.07) is 14.1. The summed E-state index contributed by atoms with van der Waals surface area (Å²) in [6.45, 7) is 7.55. The first-order valence-electron chi connectivity index (χ1n) is 9.13. The normalized spacial score (nSPS) is 11.4. The van der Waals surface area contributed by atoms with E-state index in [1.807, 2.05) is 31.2 Å². The van der Waals surface area contributed by atoms with Gasteiger partial charge in [-0.25, -0.2) is 4.98 Å². The largest absolute Gasteiger partial charge is 0.356 e. The molecule has 3 N–H and O–H groups in total. The molecule has 7 heteroatoms. The van der Waals surface area contributed by atoms with E-state index in [0.717, 1.165) is 12.1 Å². The zero-order valence-corrected chi connectivity index (χ0v) is 19.3. The van der Waals surface area contributed by atoms with Crippen molar-refractivity contribution >= 4 is 41.7 Å². The Balaban J connectivity index is 0.00000392. The molecule has 2 aromatic rings. The number of halogens is 1. The first-order valence-corrected chi connectivity index (χ1v) is 9.13. The molecule has 1 heterocycles. The number of aromatic nitrogens is 1. The van der Waals surface area contributed by atoms with Crippen LogP contribution in [-0.2, 0) is 10.2 Å². The summed E-state index contributed by atoms with van der Waals surface area (Å²) in [5.41, 5.74) is 2.29. The van der Waals surface area contributed by atoms with Crippen molar-refractivity contribution in [2.24, 2.45) is 4.99 Å². The summed E-state index contributed by atoms with van der Waals surface area (Å²) in [4.78, 5) is 20.4. The van der Waals surface area contributed by atoms with Crippen LogP contribution in [0.4, 0.5) is 5.82 Å². The van der Waals surface area contributed by atoms with Crippen molar-refractivity contribution in [1.82, 2.24) is 15.6 Å². The van der Waals surface area contributed by atoms with Crippen LogP contribution in [0.5, 0.6) is 0 Å². The average Bonchev–Trinajstić information content (AvgIpc) is 2.67. The lowest BCUT2D eigenvalue weighted by molar-refractivity contribution is -0.116. The van der Waals surface area contributed by atoms with E-state index in [1.165, 1.54) is 5.56 Å². The van der Waals surface area contributed by atoms with E-state index in [4.69, 9.17) is 0 Å². The molecule has 0 unspecified atom stereocenters. The van der Waals surface area contributed by atoms with Gasteiger partial charge in [-0.1, -0.05) is 50.2 Å². The van der Waals surface area contributed by atoms with Gasteiger partial charge >= 0.3 is 0 Å². The first-order chi connectivity index (χ1) is 12.9. The lowest BCUT2D eigenvalue weighted by atomic mass is 9.85. The molecule has 0 spiro atoms. The van der Waals surface area contributed by atoms with Gasteiger partial charge in [-0.15, -0.1) is 24.0 Å². The molecule has 0 aliphatic rings. The van der Waals surface area contributed by atoms with Gasteiger partial charge in [-0.05, 0) is 24.1 Å². The van der Waals surface area contributed by atoms with E-state index in [-0.39, 0.29) is 35.3 Å². The summed E-state index contributed by atoms with van der Waals surface area (Å²) in [7, 11) is 1.72.